The van der Waals surface area contributed by atoms with Crippen LogP contribution in [0.2, 0.25) is 0 Å². The minimum Gasteiger partial charge on any atom is -0.497 e. The molecule has 0 saturated heterocycles. The number of nitrogens with two attached hydrogens (primary N) is 1. The molecule has 0 radical (unpaired) electrons. The zero-order valence-electron chi connectivity index (χ0n) is 12.3. The van der Waals surface area contributed by atoms with Gasteiger partial charge in [-0.3, -0.25) is 4.79 Å². The highest BCUT2D eigenvalue weighted by Gasteiger charge is 2.38. The van der Waals surface area contributed by atoms with Gasteiger partial charge in [0, 0.05) is 12.1 Å². The monoisotopic (exact) mass is 276 g/mol. The molecule has 0 heterocycles. The van der Waals surface area contributed by atoms with Crippen molar-refractivity contribution in [3.63, 3.8) is 0 Å². The lowest BCUT2D eigenvalue weighted by molar-refractivity contribution is 0.0812. The third-order valence-electron chi connectivity index (χ3n) is 4.51. The zero-order chi connectivity index (χ0) is 14.6. The van der Waals surface area contributed by atoms with E-state index in [1.807, 2.05) is 12.1 Å². The van der Waals surface area contributed by atoms with E-state index in [2.05, 4.69) is 12.2 Å². The molecule has 20 heavy (non-hydrogen) atoms. The number of amides is 1. The average molecular weight is 276 g/mol. The highest BCUT2D eigenvalue weighted by molar-refractivity contribution is 5.95. The van der Waals surface area contributed by atoms with Gasteiger partial charge in [0.15, 0.2) is 0 Å². The van der Waals surface area contributed by atoms with E-state index in [9.17, 15) is 4.79 Å². The lowest BCUT2D eigenvalue weighted by Gasteiger charge is -2.42. The number of carbonyl (C=O) groups is 1. The van der Waals surface area contributed by atoms with Crippen LogP contribution in [0, 0.1) is 5.92 Å². The second-order valence-electron chi connectivity index (χ2n) is 5.69. The van der Waals surface area contributed by atoms with Gasteiger partial charge in [0.05, 0.1) is 12.6 Å². The lowest BCUT2D eigenvalue weighted by atomic mass is 9.73. The predicted octanol–water partition coefficient (Wildman–Crippen LogP) is 2.33. The minimum atomic E-state index is -0.265. The second kappa shape index (κ2) is 6.27. The molecule has 1 saturated carbocycles. The maximum Gasteiger partial charge on any atom is 0.251 e. The van der Waals surface area contributed by atoms with E-state index in [1.54, 1.807) is 19.2 Å². The van der Waals surface area contributed by atoms with Gasteiger partial charge in [-0.1, -0.05) is 25.8 Å². The number of nitrogens with one attached hydrogen (secondary N) is 1. The molecule has 1 aliphatic carbocycles. The fourth-order valence-electron chi connectivity index (χ4n) is 3.02. The molecule has 4 heteroatoms. The summed E-state index contributed by atoms with van der Waals surface area (Å²) in [5, 5.41) is 3.18. The summed E-state index contributed by atoms with van der Waals surface area (Å²) in [5.41, 5.74) is 6.33. The van der Waals surface area contributed by atoms with Crippen LogP contribution in [0.25, 0.3) is 0 Å². The molecule has 4 nitrogen and oxygen atoms in total. The van der Waals surface area contributed by atoms with Gasteiger partial charge in [-0.2, -0.15) is 0 Å². The van der Waals surface area contributed by atoms with E-state index in [0.717, 1.165) is 19.3 Å². The Bertz CT molecular complexity index is 475. The van der Waals surface area contributed by atoms with Crippen molar-refractivity contribution in [1.82, 2.24) is 5.32 Å². The van der Waals surface area contributed by atoms with Gasteiger partial charge in [-0.25, -0.2) is 0 Å². The zero-order valence-corrected chi connectivity index (χ0v) is 12.3. The van der Waals surface area contributed by atoms with E-state index in [1.165, 1.54) is 6.42 Å². The van der Waals surface area contributed by atoms with Crippen molar-refractivity contribution in [2.45, 2.75) is 38.1 Å². The molecule has 3 N–H and O–H groups in total. The van der Waals surface area contributed by atoms with Crippen molar-refractivity contribution in [2.75, 3.05) is 13.7 Å². The maximum atomic E-state index is 12.5. The molecular formula is C16H24N2O2. The molecule has 0 spiro atoms. The van der Waals surface area contributed by atoms with E-state index >= 15 is 0 Å². The molecule has 0 aliphatic heterocycles. The maximum absolute atomic E-state index is 12.5. The average Bonchev–Trinajstić information content (AvgIpc) is 2.49. The summed E-state index contributed by atoms with van der Waals surface area (Å²) >= 11 is 0. The van der Waals surface area contributed by atoms with E-state index < -0.39 is 0 Å². The molecular weight excluding hydrogens is 252 g/mol. The van der Waals surface area contributed by atoms with Gasteiger partial charge in [-0.05, 0) is 37.0 Å². The molecule has 1 aliphatic rings. The summed E-state index contributed by atoms with van der Waals surface area (Å²) in [6, 6.07) is 7.22. The Labute approximate surface area is 120 Å². The van der Waals surface area contributed by atoms with Gasteiger partial charge in [0.2, 0.25) is 0 Å². The first kappa shape index (κ1) is 14.9. The summed E-state index contributed by atoms with van der Waals surface area (Å²) in [4.78, 5) is 12.5. The Morgan fingerprint density at radius 1 is 1.50 bits per heavy atom. The number of benzene rings is 1. The molecule has 1 aromatic rings. The van der Waals surface area contributed by atoms with Crippen molar-refractivity contribution in [1.29, 1.82) is 0 Å². The third-order valence-corrected chi connectivity index (χ3v) is 4.51. The standard InChI is InChI=1S/C16H24N2O2/c1-12-6-3-4-9-16(12,11-17)18-15(19)13-7-5-8-14(10-13)20-2/h5,7-8,10,12H,3-4,6,9,11,17H2,1-2H3,(H,18,19). The van der Waals surface area contributed by atoms with Crippen molar-refractivity contribution >= 4 is 5.91 Å². The molecule has 2 atom stereocenters. The van der Waals surface area contributed by atoms with Crippen LogP contribution in [0.4, 0.5) is 0 Å². The molecule has 2 unspecified atom stereocenters. The summed E-state index contributed by atoms with van der Waals surface area (Å²) in [6.45, 7) is 2.67. The van der Waals surface area contributed by atoms with Gasteiger partial charge >= 0.3 is 0 Å². The topological polar surface area (TPSA) is 64.3 Å². The van der Waals surface area contributed by atoms with Crippen LogP contribution >= 0.6 is 0 Å². The van der Waals surface area contributed by atoms with Crippen molar-refractivity contribution in [3.05, 3.63) is 29.8 Å². The number of hydrogen-bond donors (Lipinski definition) is 2. The summed E-state index contributed by atoms with van der Waals surface area (Å²) < 4.78 is 5.16. The first-order valence-corrected chi connectivity index (χ1v) is 7.28. The molecule has 1 fully saturated rings. The number of rotatable bonds is 4. The molecule has 2 rings (SSSR count). The lowest BCUT2D eigenvalue weighted by Crippen LogP contribution is -2.59. The van der Waals surface area contributed by atoms with Gasteiger partial charge < -0.3 is 15.8 Å². The van der Waals surface area contributed by atoms with Crippen LogP contribution in [0.5, 0.6) is 5.75 Å². The first-order chi connectivity index (χ1) is 9.61. The van der Waals surface area contributed by atoms with E-state index in [0.29, 0.717) is 23.8 Å². The van der Waals surface area contributed by atoms with Crippen LogP contribution in [0.1, 0.15) is 43.0 Å². The van der Waals surface area contributed by atoms with Crippen LogP contribution in [-0.4, -0.2) is 25.1 Å². The van der Waals surface area contributed by atoms with Crippen molar-refractivity contribution in [3.8, 4) is 5.75 Å². The van der Waals surface area contributed by atoms with E-state index in [4.69, 9.17) is 10.5 Å². The van der Waals surface area contributed by atoms with Crippen LogP contribution in [0.15, 0.2) is 24.3 Å². The van der Waals surface area contributed by atoms with Crippen molar-refractivity contribution < 1.29 is 9.53 Å². The molecule has 1 aromatic carbocycles. The van der Waals surface area contributed by atoms with Crippen LogP contribution in [-0.2, 0) is 0 Å². The fraction of sp³-hybridized carbons (Fsp3) is 0.562. The minimum absolute atomic E-state index is 0.0666. The van der Waals surface area contributed by atoms with Crippen molar-refractivity contribution in [2.24, 2.45) is 11.7 Å². The fourth-order valence-corrected chi connectivity index (χ4v) is 3.02. The number of hydrogen-bond acceptors (Lipinski definition) is 3. The quantitative estimate of drug-likeness (QED) is 0.887. The Balaban J connectivity index is 2.16. The Hall–Kier alpha value is -1.55. The molecule has 1 amide bonds. The highest BCUT2D eigenvalue weighted by atomic mass is 16.5. The molecule has 110 valence electrons. The molecule has 0 aromatic heterocycles. The predicted molar refractivity (Wildman–Crippen MR) is 79.9 cm³/mol. The Morgan fingerprint density at radius 3 is 2.95 bits per heavy atom. The molecule has 0 bridgehead atoms. The van der Waals surface area contributed by atoms with Crippen LogP contribution in [0.3, 0.4) is 0 Å². The summed E-state index contributed by atoms with van der Waals surface area (Å²) in [7, 11) is 1.60. The Kier molecular flexibility index (Phi) is 4.65. The van der Waals surface area contributed by atoms with E-state index in [-0.39, 0.29) is 11.4 Å². The largest absolute Gasteiger partial charge is 0.497 e. The van der Waals surface area contributed by atoms with Gasteiger partial charge in [0.25, 0.3) is 5.91 Å². The third kappa shape index (κ3) is 2.96. The second-order valence-corrected chi connectivity index (χ2v) is 5.69. The number of ether oxygens (including phenoxy) is 1. The number of carbonyl (C=O) groups excluding carboxylic acids is 1. The number of methoxy groups -OCH3 is 1. The van der Waals surface area contributed by atoms with Gasteiger partial charge in [-0.15, -0.1) is 0 Å². The van der Waals surface area contributed by atoms with Gasteiger partial charge in [0.1, 0.15) is 5.75 Å². The summed E-state index contributed by atoms with van der Waals surface area (Å²) in [6.07, 6.45) is 4.42. The normalized spacial score (nSPS) is 26.1. The van der Waals surface area contributed by atoms with Crippen LogP contribution < -0.4 is 15.8 Å². The summed E-state index contributed by atoms with van der Waals surface area (Å²) in [5.74, 6) is 1.04. The smallest absolute Gasteiger partial charge is 0.251 e. The highest BCUT2D eigenvalue weighted by Crippen LogP contribution is 2.33. The first-order valence-electron chi connectivity index (χ1n) is 7.28. The Morgan fingerprint density at radius 2 is 2.30 bits per heavy atom. The SMILES string of the molecule is COc1cccc(C(=O)NC2(CN)CCCCC2C)c1.